The van der Waals surface area contributed by atoms with Crippen LogP contribution in [0.3, 0.4) is 0 Å². The molecule has 4 heteroatoms. The van der Waals surface area contributed by atoms with Crippen molar-refractivity contribution in [3.8, 4) is 5.69 Å². The first-order valence-corrected chi connectivity index (χ1v) is 10.3. The lowest BCUT2D eigenvalue weighted by molar-refractivity contribution is -0.117. The lowest BCUT2D eigenvalue weighted by atomic mass is 9.92. The van der Waals surface area contributed by atoms with Crippen molar-refractivity contribution >= 4 is 11.7 Å². The van der Waals surface area contributed by atoms with Crippen LogP contribution in [0, 0.1) is 19.8 Å². The number of aromatic nitrogens is 2. The number of anilines is 1. The predicted molar refractivity (Wildman–Crippen MR) is 118 cm³/mol. The van der Waals surface area contributed by atoms with Crippen LogP contribution in [0.1, 0.15) is 55.5 Å². The third-order valence-corrected chi connectivity index (χ3v) is 5.66. The number of rotatable bonds is 4. The number of benzene rings is 2. The molecule has 1 aromatic heterocycles. The summed E-state index contributed by atoms with van der Waals surface area (Å²) in [6, 6.07) is 18.6. The lowest BCUT2D eigenvalue weighted by Gasteiger charge is -2.14. The van der Waals surface area contributed by atoms with Crippen LogP contribution >= 0.6 is 0 Å². The Kier molecular flexibility index (Phi) is 4.81. The quantitative estimate of drug-likeness (QED) is 0.640. The number of hydrogen-bond acceptors (Lipinski definition) is 2. The molecule has 1 saturated carbocycles. The van der Waals surface area contributed by atoms with Crippen molar-refractivity contribution in [1.29, 1.82) is 0 Å². The fourth-order valence-electron chi connectivity index (χ4n) is 3.84. The SMILES string of the molecule is Cc1ccc(-n2nc(C(C)(C)C)cc2NC(=O)C2CC2c2ccccc2)c(C)c1. The van der Waals surface area contributed by atoms with Gasteiger partial charge in [-0.1, -0.05) is 68.8 Å². The maximum absolute atomic E-state index is 13.0. The molecular formula is C25H29N3O. The molecule has 2 atom stereocenters. The van der Waals surface area contributed by atoms with Crippen LogP contribution in [0.15, 0.2) is 54.6 Å². The van der Waals surface area contributed by atoms with Crippen LogP contribution in [0.25, 0.3) is 5.69 Å². The zero-order valence-corrected chi connectivity index (χ0v) is 17.9. The van der Waals surface area contributed by atoms with Crippen LogP contribution in [0.5, 0.6) is 0 Å². The largest absolute Gasteiger partial charge is 0.310 e. The van der Waals surface area contributed by atoms with E-state index in [-0.39, 0.29) is 17.2 Å². The topological polar surface area (TPSA) is 46.9 Å². The molecule has 2 unspecified atom stereocenters. The molecule has 0 bridgehead atoms. The van der Waals surface area contributed by atoms with Gasteiger partial charge in [-0.3, -0.25) is 4.79 Å². The first kappa shape index (κ1) is 19.4. The maximum Gasteiger partial charge on any atom is 0.229 e. The summed E-state index contributed by atoms with van der Waals surface area (Å²) >= 11 is 0. The zero-order valence-electron chi connectivity index (χ0n) is 17.9. The van der Waals surface area contributed by atoms with E-state index in [4.69, 9.17) is 5.10 Å². The van der Waals surface area contributed by atoms with Gasteiger partial charge >= 0.3 is 0 Å². The monoisotopic (exact) mass is 387 g/mol. The molecule has 2 aromatic carbocycles. The first-order chi connectivity index (χ1) is 13.7. The van der Waals surface area contributed by atoms with Crippen molar-refractivity contribution in [2.75, 3.05) is 5.32 Å². The van der Waals surface area contributed by atoms with E-state index in [0.29, 0.717) is 5.92 Å². The van der Waals surface area contributed by atoms with Gasteiger partial charge in [0.15, 0.2) is 0 Å². The summed E-state index contributed by atoms with van der Waals surface area (Å²) in [6.07, 6.45) is 0.902. The Morgan fingerprint density at radius 2 is 1.79 bits per heavy atom. The Labute approximate surface area is 173 Å². The molecule has 1 N–H and O–H groups in total. The molecule has 1 heterocycles. The molecular weight excluding hydrogens is 358 g/mol. The van der Waals surface area contributed by atoms with E-state index in [1.807, 2.05) is 28.9 Å². The number of carbonyl (C=O) groups excluding carboxylic acids is 1. The summed E-state index contributed by atoms with van der Waals surface area (Å²) in [4.78, 5) is 13.0. The van der Waals surface area contributed by atoms with Gasteiger partial charge in [0, 0.05) is 17.4 Å². The normalized spacial score (nSPS) is 18.5. The summed E-state index contributed by atoms with van der Waals surface area (Å²) in [6.45, 7) is 10.6. The van der Waals surface area contributed by atoms with Crippen molar-refractivity contribution in [2.45, 2.75) is 52.4 Å². The maximum atomic E-state index is 13.0. The number of nitrogens with one attached hydrogen (secondary N) is 1. The van der Waals surface area contributed by atoms with Crippen molar-refractivity contribution in [1.82, 2.24) is 9.78 Å². The molecule has 29 heavy (non-hydrogen) atoms. The van der Waals surface area contributed by atoms with Crippen molar-refractivity contribution in [3.05, 3.63) is 77.0 Å². The highest BCUT2D eigenvalue weighted by Crippen LogP contribution is 2.48. The minimum atomic E-state index is -0.102. The fraction of sp³-hybridized carbons (Fsp3) is 0.360. The van der Waals surface area contributed by atoms with Crippen molar-refractivity contribution < 1.29 is 4.79 Å². The lowest BCUT2D eigenvalue weighted by Crippen LogP contribution is -2.17. The Balaban J connectivity index is 1.63. The van der Waals surface area contributed by atoms with E-state index in [1.54, 1.807) is 0 Å². The highest BCUT2D eigenvalue weighted by atomic mass is 16.2. The smallest absolute Gasteiger partial charge is 0.229 e. The van der Waals surface area contributed by atoms with Gasteiger partial charge in [-0.05, 0) is 43.4 Å². The Bertz CT molecular complexity index is 1040. The summed E-state index contributed by atoms with van der Waals surface area (Å²) in [5.41, 5.74) is 5.45. The molecule has 0 aliphatic heterocycles. The molecule has 0 radical (unpaired) electrons. The summed E-state index contributed by atoms with van der Waals surface area (Å²) in [7, 11) is 0. The summed E-state index contributed by atoms with van der Waals surface area (Å²) < 4.78 is 1.88. The Morgan fingerprint density at radius 3 is 2.45 bits per heavy atom. The number of hydrogen-bond donors (Lipinski definition) is 1. The average Bonchev–Trinajstić information content (AvgIpc) is 3.36. The molecule has 1 aliphatic rings. The Hall–Kier alpha value is -2.88. The first-order valence-electron chi connectivity index (χ1n) is 10.3. The van der Waals surface area contributed by atoms with E-state index in [0.717, 1.165) is 29.2 Å². The highest BCUT2D eigenvalue weighted by molar-refractivity contribution is 5.95. The van der Waals surface area contributed by atoms with Gasteiger partial charge in [-0.25, -0.2) is 4.68 Å². The van der Waals surface area contributed by atoms with Gasteiger partial charge < -0.3 is 5.32 Å². The van der Waals surface area contributed by atoms with E-state index < -0.39 is 0 Å². The zero-order chi connectivity index (χ0) is 20.8. The molecule has 3 aromatic rings. The van der Waals surface area contributed by atoms with Crippen LogP contribution in [0.4, 0.5) is 5.82 Å². The van der Waals surface area contributed by atoms with E-state index in [9.17, 15) is 4.79 Å². The van der Waals surface area contributed by atoms with Crippen LogP contribution < -0.4 is 5.32 Å². The molecule has 1 fully saturated rings. The van der Waals surface area contributed by atoms with Gasteiger partial charge in [-0.15, -0.1) is 0 Å². The van der Waals surface area contributed by atoms with Crippen molar-refractivity contribution in [3.63, 3.8) is 0 Å². The number of nitrogens with zero attached hydrogens (tertiary/aromatic N) is 2. The molecule has 1 amide bonds. The third-order valence-electron chi connectivity index (χ3n) is 5.66. The van der Waals surface area contributed by atoms with Gasteiger partial charge in [0.05, 0.1) is 11.4 Å². The fourth-order valence-corrected chi connectivity index (χ4v) is 3.84. The summed E-state index contributed by atoms with van der Waals surface area (Å²) in [5, 5.41) is 8.02. The van der Waals surface area contributed by atoms with E-state index in [1.165, 1.54) is 11.1 Å². The van der Waals surface area contributed by atoms with Crippen molar-refractivity contribution in [2.24, 2.45) is 5.92 Å². The summed E-state index contributed by atoms with van der Waals surface area (Å²) in [5.74, 6) is 1.16. The second-order valence-corrected chi connectivity index (χ2v) is 9.22. The van der Waals surface area contributed by atoms with E-state index in [2.05, 4.69) is 70.3 Å². The van der Waals surface area contributed by atoms with Gasteiger partial charge in [0.1, 0.15) is 5.82 Å². The molecule has 0 spiro atoms. The molecule has 4 rings (SSSR count). The molecule has 1 aliphatic carbocycles. The molecule has 150 valence electrons. The average molecular weight is 388 g/mol. The Morgan fingerprint density at radius 1 is 1.07 bits per heavy atom. The van der Waals surface area contributed by atoms with Gasteiger partial charge in [-0.2, -0.15) is 5.10 Å². The minimum absolute atomic E-state index is 0.0259. The molecule has 4 nitrogen and oxygen atoms in total. The standard InChI is InChI=1S/C25H29N3O/c1-16-11-12-21(17(2)13-16)28-23(15-22(27-28)25(3,4)5)26-24(29)20-14-19(20)18-9-7-6-8-10-18/h6-13,15,19-20H,14H2,1-5H3,(H,26,29). The van der Waals surface area contributed by atoms with Crippen LogP contribution in [-0.2, 0) is 10.2 Å². The second kappa shape index (κ2) is 7.18. The number of aryl methyl sites for hydroxylation is 2. The highest BCUT2D eigenvalue weighted by Gasteiger charge is 2.44. The molecule has 0 saturated heterocycles. The third kappa shape index (κ3) is 3.98. The number of amides is 1. The van der Waals surface area contributed by atoms with Crippen LogP contribution in [0.2, 0.25) is 0 Å². The minimum Gasteiger partial charge on any atom is -0.310 e. The second-order valence-electron chi connectivity index (χ2n) is 9.22. The van der Waals surface area contributed by atoms with Gasteiger partial charge in [0.2, 0.25) is 5.91 Å². The van der Waals surface area contributed by atoms with Gasteiger partial charge in [0.25, 0.3) is 0 Å². The predicted octanol–water partition coefficient (Wildman–Crippen LogP) is 5.53. The number of carbonyl (C=O) groups is 1. The van der Waals surface area contributed by atoms with E-state index >= 15 is 0 Å². The van der Waals surface area contributed by atoms with Crippen LogP contribution in [-0.4, -0.2) is 15.7 Å².